The lowest BCUT2D eigenvalue weighted by Gasteiger charge is -2.32. The number of aromatic nitrogens is 1. The number of ether oxygens (including phenoxy) is 1. The molecule has 1 aromatic heterocycles. The summed E-state index contributed by atoms with van der Waals surface area (Å²) in [5.74, 6) is -0.139. The van der Waals surface area contributed by atoms with Crippen LogP contribution in [-0.4, -0.2) is 24.0 Å². The van der Waals surface area contributed by atoms with Gasteiger partial charge in [-0.25, -0.2) is 0 Å². The zero-order chi connectivity index (χ0) is 17.8. The van der Waals surface area contributed by atoms with Gasteiger partial charge in [0.15, 0.2) is 0 Å². The van der Waals surface area contributed by atoms with Gasteiger partial charge in [-0.1, -0.05) is 29.8 Å². The molecule has 2 N–H and O–H groups in total. The first-order valence-corrected chi connectivity index (χ1v) is 8.71. The molecule has 1 amide bonds. The number of hydrogen-bond acceptors (Lipinski definition) is 3. The Labute approximate surface area is 147 Å². The third-order valence-electron chi connectivity index (χ3n) is 4.68. The number of nitrogens with one attached hydrogen (secondary N) is 2. The topological polar surface area (TPSA) is 71.2 Å². The average Bonchev–Trinajstić information content (AvgIpc) is 2.61. The van der Waals surface area contributed by atoms with Crippen LogP contribution < -0.4 is 10.9 Å². The van der Waals surface area contributed by atoms with Gasteiger partial charge >= 0.3 is 0 Å². The minimum Gasteiger partial charge on any atom is -0.373 e. The lowest BCUT2D eigenvalue weighted by Crippen LogP contribution is -2.37. The highest BCUT2D eigenvalue weighted by Gasteiger charge is 2.28. The molecular formula is C20H24N2O3. The van der Waals surface area contributed by atoms with E-state index < -0.39 is 0 Å². The van der Waals surface area contributed by atoms with E-state index in [9.17, 15) is 9.59 Å². The van der Waals surface area contributed by atoms with E-state index in [4.69, 9.17) is 4.74 Å². The molecule has 1 fully saturated rings. The molecule has 2 atom stereocenters. The molecular weight excluding hydrogens is 316 g/mol. The summed E-state index contributed by atoms with van der Waals surface area (Å²) in [7, 11) is 0. The predicted molar refractivity (Wildman–Crippen MR) is 96.7 cm³/mol. The van der Waals surface area contributed by atoms with Gasteiger partial charge in [0, 0.05) is 24.8 Å². The number of aryl methyl sites for hydroxylation is 2. The molecule has 0 bridgehead atoms. The molecule has 0 spiro atoms. The van der Waals surface area contributed by atoms with Crippen LogP contribution in [0.2, 0.25) is 0 Å². The van der Waals surface area contributed by atoms with E-state index in [1.807, 2.05) is 0 Å². The quantitative estimate of drug-likeness (QED) is 0.899. The normalized spacial score (nSPS) is 20.2. The Kier molecular flexibility index (Phi) is 5.34. The fourth-order valence-corrected chi connectivity index (χ4v) is 3.25. The zero-order valence-corrected chi connectivity index (χ0v) is 14.7. The summed E-state index contributed by atoms with van der Waals surface area (Å²) in [5.41, 5.74) is 2.88. The summed E-state index contributed by atoms with van der Waals surface area (Å²) in [6.07, 6.45) is 1.95. The van der Waals surface area contributed by atoms with Crippen LogP contribution in [0.5, 0.6) is 0 Å². The number of carbonyl (C=O) groups excluding carboxylic acids is 1. The van der Waals surface area contributed by atoms with E-state index in [0.29, 0.717) is 6.54 Å². The average molecular weight is 340 g/mol. The first kappa shape index (κ1) is 17.4. The maximum absolute atomic E-state index is 12.3. The third kappa shape index (κ3) is 4.17. The Morgan fingerprint density at radius 1 is 1.20 bits per heavy atom. The molecule has 1 saturated heterocycles. The molecule has 2 unspecified atom stereocenters. The van der Waals surface area contributed by atoms with Crippen molar-refractivity contribution in [1.82, 2.24) is 10.3 Å². The minimum absolute atomic E-state index is 0.0223. The maximum atomic E-state index is 12.3. The van der Waals surface area contributed by atoms with E-state index in [1.54, 1.807) is 19.1 Å². The largest absolute Gasteiger partial charge is 0.373 e. The smallest absolute Gasteiger partial charge is 0.260 e. The second kappa shape index (κ2) is 7.66. The van der Waals surface area contributed by atoms with Crippen LogP contribution in [0.1, 0.15) is 46.1 Å². The monoisotopic (exact) mass is 340 g/mol. The van der Waals surface area contributed by atoms with Crippen molar-refractivity contribution in [3.63, 3.8) is 0 Å². The van der Waals surface area contributed by atoms with Crippen molar-refractivity contribution in [2.45, 2.75) is 32.8 Å². The van der Waals surface area contributed by atoms with Gasteiger partial charge in [0.1, 0.15) is 5.56 Å². The molecule has 0 saturated carbocycles. The second-order valence-corrected chi connectivity index (χ2v) is 6.70. The predicted octanol–water partition coefficient (Wildman–Crippen LogP) is 2.89. The Morgan fingerprint density at radius 2 is 1.96 bits per heavy atom. The highest BCUT2D eigenvalue weighted by Crippen LogP contribution is 2.33. The van der Waals surface area contributed by atoms with Gasteiger partial charge in [-0.3, -0.25) is 9.59 Å². The minimum atomic E-state index is -0.354. The van der Waals surface area contributed by atoms with Crippen molar-refractivity contribution >= 4 is 5.91 Å². The van der Waals surface area contributed by atoms with Crippen molar-refractivity contribution in [2.24, 2.45) is 5.92 Å². The summed E-state index contributed by atoms with van der Waals surface area (Å²) < 4.78 is 5.97. The Morgan fingerprint density at radius 3 is 2.68 bits per heavy atom. The maximum Gasteiger partial charge on any atom is 0.260 e. The molecule has 5 heteroatoms. The van der Waals surface area contributed by atoms with Crippen LogP contribution in [0.3, 0.4) is 0 Å². The summed E-state index contributed by atoms with van der Waals surface area (Å²) in [6.45, 7) is 5.07. The first-order valence-electron chi connectivity index (χ1n) is 8.71. The fourth-order valence-electron chi connectivity index (χ4n) is 3.25. The van der Waals surface area contributed by atoms with Gasteiger partial charge in [0.25, 0.3) is 11.5 Å². The Hall–Kier alpha value is -2.40. The second-order valence-electron chi connectivity index (χ2n) is 6.70. The number of hydrogen-bond donors (Lipinski definition) is 2. The molecule has 3 rings (SSSR count). The molecule has 0 radical (unpaired) electrons. The number of aromatic amines is 1. The number of H-pyrrole nitrogens is 1. The molecule has 0 aliphatic carbocycles. The van der Waals surface area contributed by atoms with Gasteiger partial charge < -0.3 is 15.0 Å². The number of rotatable bonds is 4. The Balaban J connectivity index is 1.68. The standard InChI is InChI=1S/C20H24N2O3/c1-13-5-8-15(9-6-13)18-16(4-3-11-25-18)12-21-19(23)17-10-7-14(2)22-20(17)24/h5-10,16,18H,3-4,11-12H2,1-2H3,(H,21,23)(H,22,24). The van der Waals surface area contributed by atoms with Crippen LogP contribution >= 0.6 is 0 Å². The number of benzene rings is 1. The van der Waals surface area contributed by atoms with Crippen LogP contribution in [0.4, 0.5) is 0 Å². The van der Waals surface area contributed by atoms with Crippen LogP contribution in [0.25, 0.3) is 0 Å². The summed E-state index contributed by atoms with van der Waals surface area (Å²) in [6, 6.07) is 11.6. The summed E-state index contributed by atoms with van der Waals surface area (Å²) >= 11 is 0. The van der Waals surface area contributed by atoms with Gasteiger partial charge in [0.05, 0.1) is 6.10 Å². The van der Waals surface area contributed by atoms with E-state index >= 15 is 0 Å². The highest BCUT2D eigenvalue weighted by atomic mass is 16.5. The van der Waals surface area contributed by atoms with Crippen molar-refractivity contribution in [3.05, 3.63) is 69.1 Å². The van der Waals surface area contributed by atoms with Crippen molar-refractivity contribution < 1.29 is 9.53 Å². The van der Waals surface area contributed by atoms with E-state index in [1.165, 1.54) is 5.56 Å². The van der Waals surface area contributed by atoms with Gasteiger partial charge in [-0.15, -0.1) is 0 Å². The highest BCUT2D eigenvalue weighted by molar-refractivity contribution is 5.93. The third-order valence-corrected chi connectivity index (χ3v) is 4.68. The van der Waals surface area contributed by atoms with E-state index in [0.717, 1.165) is 30.7 Å². The summed E-state index contributed by atoms with van der Waals surface area (Å²) in [5, 5.41) is 2.90. The lowest BCUT2D eigenvalue weighted by molar-refractivity contribution is -0.0272. The number of carbonyl (C=O) groups is 1. The molecule has 2 heterocycles. The number of amides is 1. The van der Waals surface area contributed by atoms with Crippen LogP contribution in [-0.2, 0) is 4.74 Å². The lowest BCUT2D eigenvalue weighted by atomic mass is 9.89. The van der Waals surface area contributed by atoms with E-state index in [2.05, 4.69) is 41.5 Å². The SMILES string of the molecule is Cc1ccc(C2OCCCC2CNC(=O)c2ccc(C)[nH]c2=O)cc1. The van der Waals surface area contributed by atoms with Gasteiger partial charge in [0.2, 0.25) is 0 Å². The van der Waals surface area contributed by atoms with Crippen molar-refractivity contribution in [2.75, 3.05) is 13.2 Å². The molecule has 5 nitrogen and oxygen atoms in total. The molecule has 2 aromatic rings. The Bertz CT molecular complexity index is 795. The molecule has 25 heavy (non-hydrogen) atoms. The van der Waals surface area contributed by atoms with Crippen LogP contribution in [0.15, 0.2) is 41.2 Å². The van der Waals surface area contributed by atoms with E-state index in [-0.39, 0.29) is 29.1 Å². The number of pyridine rings is 1. The van der Waals surface area contributed by atoms with Crippen molar-refractivity contribution in [3.8, 4) is 0 Å². The molecule has 132 valence electrons. The molecule has 1 aliphatic rings. The molecule has 1 aliphatic heterocycles. The van der Waals surface area contributed by atoms with Crippen molar-refractivity contribution in [1.29, 1.82) is 0 Å². The zero-order valence-electron chi connectivity index (χ0n) is 14.7. The summed E-state index contributed by atoms with van der Waals surface area (Å²) in [4.78, 5) is 26.9. The first-order chi connectivity index (χ1) is 12.0. The fraction of sp³-hybridized carbons (Fsp3) is 0.400. The van der Waals surface area contributed by atoms with Crippen LogP contribution in [0, 0.1) is 19.8 Å². The van der Waals surface area contributed by atoms with Gasteiger partial charge in [-0.2, -0.15) is 0 Å². The molecule has 1 aromatic carbocycles. The van der Waals surface area contributed by atoms with Gasteiger partial charge in [-0.05, 0) is 44.4 Å².